The van der Waals surface area contributed by atoms with Crippen molar-refractivity contribution in [3.8, 4) is 0 Å². The third-order valence-electron chi connectivity index (χ3n) is 1.74. The minimum Gasteiger partial charge on any atom is -0.211 e. The number of thioether (sulfide) groups is 1. The Balaban J connectivity index is 6.15. The van der Waals surface area contributed by atoms with E-state index < -0.39 is 46.5 Å². The van der Waals surface area contributed by atoms with Gasteiger partial charge in [-0.15, -0.1) is 0 Å². The molecule has 0 nitrogen and oxygen atoms in total. The summed E-state index contributed by atoms with van der Waals surface area (Å²) >= 11 is -3.61. The fraction of sp³-hybridized carbons (Fsp3) is 1.00. The van der Waals surface area contributed by atoms with Crippen LogP contribution >= 0.6 is 11.8 Å². The molecular weight excluding hydrogens is 370 g/mol. The van der Waals surface area contributed by atoms with Crippen molar-refractivity contribution in [2.24, 2.45) is 0 Å². The van der Waals surface area contributed by atoms with Gasteiger partial charge in [0.15, 0.2) is 0 Å². The van der Waals surface area contributed by atoms with Crippen molar-refractivity contribution >= 4 is 11.8 Å². The molecule has 0 unspecified atom stereocenters. The van der Waals surface area contributed by atoms with Crippen molar-refractivity contribution in [3.05, 3.63) is 0 Å². The second-order valence-electron chi connectivity index (χ2n) is 3.28. The van der Waals surface area contributed by atoms with E-state index in [1.807, 2.05) is 0 Å². The topological polar surface area (TPSA) is 0 Å². The van der Waals surface area contributed by atoms with Crippen molar-refractivity contribution in [1.29, 1.82) is 0 Å². The van der Waals surface area contributed by atoms with E-state index in [-0.39, 0.29) is 0 Å². The van der Waals surface area contributed by atoms with Crippen molar-refractivity contribution in [2.45, 2.75) is 34.7 Å². The van der Waals surface area contributed by atoms with Gasteiger partial charge in [-0.2, -0.15) is 52.7 Å². The van der Waals surface area contributed by atoms with E-state index >= 15 is 0 Å². The van der Waals surface area contributed by atoms with Crippen LogP contribution in [0.15, 0.2) is 0 Å². The normalized spacial score (nSPS) is 16.3. The summed E-state index contributed by atoms with van der Waals surface area (Å²) in [7, 11) is 0. The average molecular weight is 370 g/mol. The maximum Gasteiger partial charge on any atom is 0.441 e. The van der Waals surface area contributed by atoms with E-state index in [2.05, 4.69) is 0 Å². The van der Waals surface area contributed by atoms with Crippen molar-refractivity contribution < 1.29 is 61.5 Å². The van der Waals surface area contributed by atoms with Crippen LogP contribution in [0.1, 0.15) is 0 Å². The van der Waals surface area contributed by atoms with Crippen LogP contribution in [0.25, 0.3) is 0 Å². The molecule has 0 saturated carbocycles. The monoisotopic (exact) mass is 370 g/mol. The minimum absolute atomic E-state index is 3.61. The number of rotatable bonds is 2. The molecule has 0 heterocycles. The van der Waals surface area contributed by atoms with Crippen LogP contribution in [0.2, 0.25) is 0 Å². The Bertz CT molecular complexity index is 303. The predicted molar refractivity (Wildman–Crippen MR) is 39.5 cm³/mol. The lowest BCUT2D eigenvalue weighted by Crippen LogP contribution is -2.59. The summed E-state index contributed by atoms with van der Waals surface area (Å²) < 4.78 is 168. The van der Waals surface area contributed by atoms with Crippen LogP contribution in [-0.2, 0) is 0 Å². The van der Waals surface area contributed by atoms with Gasteiger partial charge in [-0.3, -0.25) is 0 Å². The summed E-state index contributed by atoms with van der Waals surface area (Å²) in [4.78, 5) is 0. The van der Waals surface area contributed by atoms with Gasteiger partial charge in [0.05, 0.1) is 0 Å². The molecule has 0 amide bonds. The van der Waals surface area contributed by atoms with Crippen molar-refractivity contribution in [1.82, 2.24) is 0 Å². The van der Waals surface area contributed by atoms with Gasteiger partial charge in [-0.25, -0.2) is 8.78 Å². The highest BCUT2D eigenvalue weighted by molar-refractivity contribution is 8.02. The molecule has 0 aliphatic carbocycles. The molecule has 0 aliphatic heterocycles. The Hall–Kier alpha value is -0.630. The van der Waals surface area contributed by atoms with Crippen LogP contribution in [0.5, 0.6) is 0 Å². The molecule has 0 spiro atoms. The molecule has 0 saturated heterocycles. The second kappa shape index (κ2) is 4.94. The average Bonchev–Trinajstić information content (AvgIpc) is 2.09. The molecule has 0 bridgehead atoms. The van der Waals surface area contributed by atoms with E-state index in [1.54, 1.807) is 0 Å². The molecule has 128 valence electrons. The van der Waals surface area contributed by atoms with Crippen molar-refractivity contribution in [3.63, 3.8) is 0 Å². The highest BCUT2D eigenvalue weighted by Gasteiger charge is 2.84. The molecule has 15 heteroatoms. The highest BCUT2D eigenvalue weighted by atomic mass is 32.2. The van der Waals surface area contributed by atoms with Gasteiger partial charge in [0, 0.05) is 0 Å². The summed E-state index contributed by atoms with van der Waals surface area (Å²) in [6.45, 7) is 0. The lowest BCUT2D eigenvalue weighted by molar-refractivity contribution is -0.318. The van der Waals surface area contributed by atoms with Gasteiger partial charge < -0.3 is 0 Å². The lowest BCUT2D eigenvalue weighted by Gasteiger charge is -2.36. The van der Waals surface area contributed by atoms with E-state index in [4.69, 9.17) is 0 Å². The van der Waals surface area contributed by atoms with Gasteiger partial charge in [0.2, 0.25) is 0 Å². The molecule has 0 aromatic heterocycles. The van der Waals surface area contributed by atoms with E-state index in [1.165, 1.54) is 0 Å². The zero-order valence-corrected chi connectivity index (χ0v) is 9.52. The first-order valence-corrected chi connectivity index (χ1v) is 4.87. The van der Waals surface area contributed by atoms with Crippen LogP contribution in [0.4, 0.5) is 61.5 Å². The molecular formula is C6F14S. The van der Waals surface area contributed by atoms with Crippen molar-refractivity contribution in [2.75, 3.05) is 0 Å². The van der Waals surface area contributed by atoms with Gasteiger partial charge >= 0.3 is 34.7 Å². The molecule has 0 radical (unpaired) electrons. The fourth-order valence-corrected chi connectivity index (χ4v) is 1.60. The van der Waals surface area contributed by atoms with Gasteiger partial charge in [0.1, 0.15) is 0 Å². The Morgan fingerprint density at radius 2 is 0.476 bits per heavy atom. The van der Waals surface area contributed by atoms with Gasteiger partial charge in [0.25, 0.3) is 0 Å². The zero-order chi connectivity index (χ0) is 17.7. The maximum atomic E-state index is 12.8. The Morgan fingerprint density at radius 3 is 0.571 bits per heavy atom. The van der Waals surface area contributed by atoms with Crippen LogP contribution in [-0.4, -0.2) is 34.7 Å². The Kier molecular flexibility index (Phi) is 4.79. The van der Waals surface area contributed by atoms with Crippen LogP contribution in [0, 0.1) is 0 Å². The third kappa shape index (κ3) is 3.41. The maximum absolute atomic E-state index is 12.8. The first-order chi connectivity index (χ1) is 8.71. The van der Waals surface area contributed by atoms with Gasteiger partial charge in [-0.05, 0) is 11.8 Å². The van der Waals surface area contributed by atoms with E-state index in [0.29, 0.717) is 0 Å². The zero-order valence-electron chi connectivity index (χ0n) is 8.70. The molecule has 0 aromatic rings. The molecule has 0 aliphatic rings. The number of alkyl halides is 14. The smallest absolute Gasteiger partial charge is 0.211 e. The first kappa shape index (κ1) is 20.4. The minimum atomic E-state index is -7.29. The molecule has 0 aromatic carbocycles. The molecule has 0 rings (SSSR count). The van der Waals surface area contributed by atoms with Crippen LogP contribution < -0.4 is 0 Å². The first-order valence-electron chi connectivity index (χ1n) is 4.05. The summed E-state index contributed by atoms with van der Waals surface area (Å²) in [6, 6.07) is 0. The summed E-state index contributed by atoms with van der Waals surface area (Å²) in [5, 5.41) is -14.3. The highest BCUT2D eigenvalue weighted by Crippen LogP contribution is 2.64. The lowest BCUT2D eigenvalue weighted by atomic mass is 10.3. The second-order valence-corrected chi connectivity index (χ2v) is 4.61. The molecule has 0 N–H and O–H groups in total. The molecule has 21 heavy (non-hydrogen) atoms. The molecule has 0 atom stereocenters. The fourth-order valence-electron chi connectivity index (χ4n) is 0.747. The predicted octanol–water partition coefficient (Wildman–Crippen LogP) is 5.30. The standard InChI is InChI=1S/C6F14S/c7-1(3(9,10)11,4(12,13)14)21-2(8,5(15,16)17)6(18,19)20. The number of hydrogen-bond acceptors (Lipinski definition) is 1. The summed E-state index contributed by atoms with van der Waals surface area (Å²) in [6.07, 6.45) is -29.2. The number of halogens is 14. The van der Waals surface area contributed by atoms with E-state index in [0.717, 1.165) is 0 Å². The largest absolute Gasteiger partial charge is 0.441 e. The number of hydrogen-bond donors (Lipinski definition) is 0. The Morgan fingerprint density at radius 1 is 0.333 bits per heavy atom. The summed E-state index contributed by atoms with van der Waals surface area (Å²) in [5.41, 5.74) is 0. The van der Waals surface area contributed by atoms with Crippen LogP contribution in [0.3, 0.4) is 0 Å². The van der Waals surface area contributed by atoms with E-state index in [9.17, 15) is 61.5 Å². The molecule has 0 fully saturated rings. The SMILES string of the molecule is FC(F)(F)C(F)(SC(F)(C(F)(F)F)C(F)(F)F)C(F)(F)F. The Labute approximate surface area is 109 Å². The third-order valence-corrected chi connectivity index (χ3v) is 3.23. The summed E-state index contributed by atoms with van der Waals surface area (Å²) in [5.74, 6) is 0. The quantitative estimate of drug-likeness (QED) is 0.595. The van der Waals surface area contributed by atoms with Gasteiger partial charge in [-0.1, -0.05) is 0 Å².